The molecular formula is C16H35NO2. The van der Waals surface area contributed by atoms with Gasteiger partial charge in [0.1, 0.15) is 0 Å². The number of rotatable bonds is 12. The van der Waals surface area contributed by atoms with Crippen LogP contribution in [0.2, 0.25) is 0 Å². The molecule has 3 heteroatoms. The molecule has 0 unspecified atom stereocenters. The Morgan fingerprint density at radius 3 is 1.53 bits per heavy atom. The second-order valence-corrected chi connectivity index (χ2v) is 4.93. The third kappa shape index (κ3) is 26.9. The van der Waals surface area contributed by atoms with E-state index in [9.17, 15) is 4.79 Å². The van der Waals surface area contributed by atoms with Crippen LogP contribution in [-0.2, 0) is 4.79 Å². The highest BCUT2D eigenvalue weighted by Crippen LogP contribution is 2.10. The zero-order valence-corrected chi connectivity index (χ0v) is 13.3. The molecule has 0 rings (SSSR count). The molecule has 0 aromatic rings. The van der Waals surface area contributed by atoms with Crippen LogP contribution in [0.1, 0.15) is 85.0 Å². The van der Waals surface area contributed by atoms with E-state index < -0.39 is 5.97 Å². The summed E-state index contributed by atoms with van der Waals surface area (Å²) in [6.07, 6.45) is 11.5. The van der Waals surface area contributed by atoms with Crippen LogP contribution in [0.25, 0.3) is 0 Å². The van der Waals surface area contributed by atoms with Crippen molar-refractivity contribution < 1.29 is 9.90 Å². The molecule has 0 spiro atoms. The number of hydrogen-bond donors (Lipinski definition) is 2. The standard InChI is InChI=1S/C12H24O2.C4H11N/c1-2-3-4-5-6-7-8-9-10-11-12(13)14;1-3-5-4-2/h2-11H2,1H3,(H,13,14);5H,3-4H2,1-2H3. The summed E-state index contributed by atoms with van der Waals surface area (Å²) < 4.78 is 0. The van der Waals surface area contributed by atoms with Crippen molar-refractivity contribution >= 4 is 5.97 Å². The lowest BCUT2D eigenvalue weighted by atomic mass is 10.1. The van der Waals surface area contributed by atoms with Gasteiger partial charge in [-0.3, -0.25) is 4.79 Å². The molecule has 0 heterocycles. The number of carboxylic acid groups (broad SMARTS) is 1. The highest BCUT2D eigenvalue weighted by molar-refractivity contribution is 5.66. The van der Waals surface area contributed by atoms with Gasteiger partial charge in [0.15, 0.2) is 0 Å². The predicted octanol–water partition coefficient (Wildman–Crippen LogP) is 4.61. The number of hydrogen-bond acceptors (Lipinski definition) is 2. The SMILES string of the molecule is CCCCCCCCCCCC(=O)O.CCNCC. The van der Waals surface area contributed by atoms with Gasteiger partial charge >= 0.3 is 5.97 Å². The van der Waals surface area contributed by atoms with Crippen molar-refractivity contribution in [1.82, 2.24) is 5.32 Å². The Bertz CT molecular complexity index is 170. The number of nitrogens with one attached hydrogen (secondary N) is 1. The Hall–Kier alpha value is -0.570. The molecular weight excluding hydrogens is 238 g/mol. The maximum Gasteiger partial charge on any atom is 0.303 e. The van der Waals surface area contributed by atoms with Gasteiger partial charge in [-0.1, -0.05) is 72.1 Å². The van der Waals surface area contributed by atoms with Crippen LogP contribution in [0.3, 0.4) is 0 Å². The first-order valence-corrected chi connectivity index (χ1v) is 8.11. The summed E-state index contributed by atoms with van der Waals surface area (Å²) >= 11 is 0. The van der Waals surface area contributed by atoms with E-state index >= 15 is 0 Å². The number of carbonyl (C=O) groups is 1. The third-order valence-corrected chi connectivity index (χ3v) is 2.99. The monoisotopic (exact) mass is 273 g/mol. The minimum Gasteiger partial charge on any atom is -0.481 e. The van der Waals surface area contributed by atoms with Gasteiger partial charge in [-0.15, -0.1) is 0 Å². The van der Waals surface area contributed by atoms with Crippen molar-refractivity contribution in [3.63, 3.8) is 0 Å². The number of aliphatic carboxylic acids is 1. The zero-order chi connectivity index (χ0) is 14.8. The van der Waals surface area contributed by atoms with Crippen molar-refractivity contribution in [3.8, 4) is 0 Å². The van der Waals surface area contributed by atoms with Crippen molar-refractivity contribution in [2.24, 2.45) is 0 Å². The van der Waals surface area contributed by atoms with Crippen molar-refractivity contribution in [3.05, 3.63) is 0 Å². The maximum atomic E-state index is 10.2. The predicted molar refractivity (Wildman–Crippen MR) is 83.7 cm³/mol. The Morgan fingerprint density at radius 1 is 0.789 bits per heavy atom. The molecule has 19 heavy (non-hydrogen) atoms. The van der Waals surface area contributed by atoms with Crippen LogP contribution in [-0.4, -0.2) is 24.2 Å². The first-order chi connectivity index (χ1) is 9.18. The fourth-order valence-corrected chi connectivity index (χ4v) is 1.84. The first-order valence-electron chi connectivity index (χ1n) is 8.11. The Morgan fingerprint density at radius 2 is 1.21 bits per heavy atom. The van der Waals surface area contributed by atoms with Gasteiger partial charge in [0.2, 0.25) is 0 Å². The summed E-state index contributed by atoms with van der Waals surface area (Å²) in [5.74, 6) is -0.659. The highest BCUT2D eigenvalue weighted by atomic mass is 16.4. The maximum absolute atomic E-state index is 10.2. The summed E-state index contributed by atoms with van der Waals surface area (Å²) in [7, 11) is 0. The highest BCUT2D eigenvalue weighted by Gasteiger charge is 1.96. The Labute approximate surface area is 120 Å². The van der Waals surface area contributed by atoms with Crippen LogP contribution >= 0.6 is 0 Å². The molecule has 0 aliphatic rings. The van der Waals surface area contributed by atoms with Crippen molar-refractivity contribution in [2.45, 2.75) is 85.0 Å². The molecule has 3 nitrogen and oxygen atoms in total. The summed E-state index contributed by atoms with van der Waals surface area (Å²) in [4.78, 5) is 10.2. The van der Waals surface area contributed by atoms with E-state index in [1.807, 2.05) is 0 Å². The summed E-state index contributed by atoms with van der Waals surface area (Å²) in [6, 6.07) is 0. The fraction of sp³-hybridized carbons (Fsp3) is 0.938. The molecule has 0 saturated heterocycles. The molecule has 0 atom stereocenters. The smallest absolute Gasteiger partial charge is 0.303 e. The molecule has 0 aromatic heterocycles. The molecule has 0 aliphatic heterocycles. The van der Waals surface area contributed by atoms with E-state index in [4.69, 9.17) is 5.11 Å². The van der Waals surface area contributed by atoms with Gasteiger partial charge in [-0.05, 0) is 19.5 Å². The van der Waals surface area contributed by atoms with Gasteiger partial charge in [0.05, 0.1) is 0 Å². The van der Waals surface area contributed by atoms with Crippen LogP contribution in [0.15, 0.2) is 0 Å². The molecule has 2 N–H and O–H groups in total. The second-order valence-electron chi connectivity index (χ2n) is 4.93. The zero-order valence-electron chi connectivity index (χ0n) is 13.3. The Kier molecular flexibility index (Phi) is 21.6. The van der Waals surface area contributed by atoms with Crippen LogP contribution in [0.5, 0.6) is 0 Å². The average Bonchev–Trinajstić information content (AvgIpc) is 2.38. The van der Waals surface area contributed by atoms with Gasteiger partial charge < -0.3 is 10.4 Å². The van der Waals surface area contributed by atoms with E-state index in [2.05, 4.69) is 26.1 Å². The van der Waals surface area contributed by atoms with E-state index in [1.54, 1.807) is 0 Å². The summed E-state index contributed by atoms with van der Waals surface area (Å²) in [5.41, 5.74) is 0. The third-order valence-electron chi connectivity index (χ3n) is 2.99. The lowest BCUT2D eigenvalue weighted by molar-refractivity contribution is -0.137. The van der Waals surface area contributed by atoms with E-state index in [0.717, 1.165) is 25.9 Å². The molecule has 0 aromatic carbocycles. The minimum atomic E-state index is -0.659. The molecule has 0 saturated carbocycles. The number of carboxylic acids is 1. The fourth-order valence-electron chi connectivity index (χ4n) is 1.84. The van der Waals surface area contributed by atoms with E-state index in [-0.39, 0.29) is 0 Å². The van der Waals surface area contributed by atoms with Gasteiger partial charge in [-0.25, -0.2) is 0 Å². The van der Waals surface area contributed by atoms with Crippen LogP contribution in [0, 0.1) is 0 Å². The van der Waals surface area contributed by atoms with E-state index in [1.165, 1.54) is 44.9 Å². The molecule has 116 valence electrons. The van der Waals surface area contributed by atoms with Crippen LogP contribution < -0.4 is 5.32 Å². The second kappa shape index (κ2) is 19.8. The largest absolute Gasteiger partial charge is 0.481 e. The minimum absolute atomic E-state index is 0.343. The van der Waals surface area contributed by atoms with Gasteiger partial charge in [0.25, 0.3) is 0 Å². The first kappa shape index (κ1) is 20.7. The van der Waals surface area contributed by atoms with Crippen LogP contribution in [0.4, 0.5) is 0 Å². The Balaban J connectivity index is 0. The quantitative estimate of drug-likeness (QED) is 0.511. The van der Waals surface area contributed by atoms with Gasteiger partial charge in [0, 0.05) is 6.42 Å². The molecule has 0 fully saturated rings. The summed E-state index contributed by atoms with van der Waals surface area (Å²) in [6.45, 7) is 8.62. The lowest BCUT2D eigenvalue weighted by Crippen LogP contribution is -2.09. The molecule has 0 amide bonds. The number of unbranched alkanes of at least 4 members (excludes halogenated alkanes) is 8. The summed E-state index contributed by atoms with van der Waals surface area (Å²) in [5, 5.41) is 11.5. The molecule has 0 bridgehead atoms. The average molecular weight is 273 g/mol. The van der Waals surface area contributed by atoms with E-state index in [0.29, 0.717) is 6.42 Å². The molecule has 0 radical (unpaired) electrons. The van der Waals surface area contributed by atoms with Gasteiger partial charge in [-0.2, -0.15) is 0 Å². The lowest BCUT2D eigenvalue weighted by Gasteiger charge is -2.00. The van der Waals surface area contributed by atoms with Crippen molar-refractivity contribution in [1.29, 1.82) is 0 Å². The topological polar surface area (TPSA) is 49.3 Å². The molecule has 0 aliphatic carbocycles. The normalized spacial score (nSPS) is 9.84. The van der Waals surface area contributed by atoms with Crippen molar-refractivity contribution in [2.75, 3.05) is 13.1 Å².